The molecule has 0 bridgehead atoms. The number of halogens is 7. The molecule has 278 valence electrons. The lowest BCUT2D eigenvalue weighted by molar-refractivity contribution is 0.0696. The van der Waals surface area contributed by atoms with E-state index in [0.29, 0.717) is 17.7 Å². The Labute approximate surface area is 322 Å². The van der Waals surface area contributed by atoms with Gasteiger partial charge >= 0.3 is 5.97 Å². The molecule has 0 saturated carbocycles. The molecule has 0 fully saturated rings. The number of benzene rings is 5. The van der Waals surface area contributed by atoms with Crippen molar-refractivity contribution in [2.24, 2.45) is 0 Å². The number of carbonyl (C=O) groups is 1. The van der Waals surface area contributed by atoms with Crippen molar-refractivity contribution in [2.75, 3.05) is 0 Å². The van der Waals surface area contributed by atoms with Crippen LogP contribution in [-0.4, -0.2) is 41.6 Å². The van der Waals surface area contributed by atoms with Crippen molar-refractivity contribution in [1.29, 1.82) is 0 Å². The third kappa shape index (κ3) is 9.45. The average Bonchev–Trinajstić information content (AvgIpc) is 3.07. The zero-order valence-electron chi connectivity index (χ0n) is 26.8. The van der Waals surface area contributed by atoms with Gasteiger partial charge in [-0.15, -0.1) is 0 Å². The Balaban J connectivity index is 1.58. The molecule has 0 saturated heterocycles. The first-order valence-corrected chi connectivity index (χ1v) is 19.4. The van der Waals surface area contributed by atoms with Crippen molar-refractivity contribution in [1.82, 2.24) is 8.61 Å². The van der Waals surface area contributed by atoms with Gasteiger partial charge in [-0.25, -0.2) is 34.8 Å². The zero-order valence-corrected chi connectivity index (χ0v) is 31.4. The van der Waals surface area contributed by atoms with Crippen molar-refractivity contribution in [3.8, 4) is 5.75 Å². The Bertz CT molecular complexity index is 2420. The molecule has 5 rings (SSSR count). The number of sulfonamides is 2. The summed E-state index contributed by atoms with van der Waals surface area (Å²) in [4.78, 5) is 10.1. The van der Waals surface area contributed by atoms with Crippen LogP contribution in [-0.2, 0) is 46.2 Å². The first kappa shape index (κ1) is 40.3. The van der Waals surface area contributed by atoms with Crippen molar-refractivity contribution in [2.45, 2.75) is 36.0 Å². The summed E-state index contributed by atoms with van der Waals surface area (Å²) in [5.74, 6) is -4.88. The molecule has 0 unspecified atom stereocenters. The number of hydrogen-bond donors (Lipinski definition) is 2. The van der Waals surface area contributed by atoms with Gasteiger partial charge in [0, 0.05) is 36.2 Å². The van der Waals surface area contributed by atoms with Gasteiger partial charge in [-0.05, 0) is 82.9 Å². The summed E-state index contributed by atoms with van der Waals surface area (Å²) < 4.78 is 101. The van der Waals surface area contributed by atoms with Crippen molar-refractivity contribution in [3.05, 3.63) is 156 Å². The molecule has 0 amide bonds. The lowest BCUT2D eigenvalue weighted by Gasteiger charge is -2.25. The number of aromatic carboxylic acids is 1. The third-order valence-electron chi connectivity index (χ3n) is 7.76. The van der Waals surface area contributed by atoms with Crippen LogP contribution in [0, 0.1) is 17.5 Å². The lowest BCUT2D eigenvalue weighted by atomic mass is 10.1. The molecule has 5 aromatic carbocycles. The standard InChI is InChI=1S/C35H25Cl4F3N2O7S2/c36-24-10-22(18-43(16-20-1-5-26(40)6-2-20)52(48,49)32-14-28(35(46)47)29(38)15-31(32)42)9-23(11-24)19-44(17-21-3-7-27(41)8-4-21)53(50,51)33-13-25(37)12-30(39)34(33)45/h1-15,45H,16-19H2,(H,46,47). The van der Waals surface area contributed by atoms with E-state index in [1.807, 2.05) is 0 Å². The number of aromatic hydroxyl groups is 1. The summed E-state index contributed by atoms with van der Waals surface area (Å²) in [6.45, 7) is -1.75. The summed E-state index contributed by atoms with van der Waals surface area (Å²) in [6, 6.07) is 17.3. The van der Waals surface area contributed by atoms with E-state index in [2.05, 4.69) is 0 Å². The first-order valence-electron chi connectivity index (χ1n) is 15.0. The smallest absolute Gasteiger partial charge is 0.337 e. The van der Waals surface area contributed by atoms with Crippen LogP contribution in [0.15, 0.2) is 101 Å². The van der Waals surface area contributed by atoms with E-state index in [4.69, 9.17) is 46.4 Å². The second-order valence-electron chi connectivity index (χ2n) is 11.6. The van der Waals surface area contributed by atoms with Crippen LogP contribution in [0.3, 0.4) is 0 Å². The minimum Gasteiger partial charge on any atom is -0.505 e. The quantitative estimate of drug-likeness (QED) is 0.121. The van der Waals surface area contributed by atoms with E-state index in [1.165, 1.54) is 42.5 Å². The second kappa shape index (κ2) is 16.2. The largest absolute Gasteiger partial charge is 0.505 e. The average molecular weight is 849 g/mol. The fourth-order valence-corrected chi connectivity index (χ4v) is 9.41. The van der Waals surface area contributed by atoms with Gasteiger partial charge in [0.1, 0.15) is 27.2 Å². The highest BCUT2D eigenvalue weighted by Crippen LogP contribution is 2.37. The van der Waals surface area contributed by atoms with Gasteiger partial charge in [0.25, 0.3) is 0 Å². The maximum Gasteiger partial charge on any atom is 0.337 e. The van der Waals surface area contributed by atoms with E-state index in [9.17, 15) is 40.6 Å². The predicted molar refractivity (Wildman–Crippen MR) is 194 cm³/mol. The maximum atomic E-state index is 15.2. The summed E-state index contributed by atoms with van der Waals surface area (Å²) in [5, 5.41) is 19.2. The van der Waals surface area contributed by atoms with E-state index < -0.39 is 89.2 Å². The molecule has 0 heterocycles. The molecule has 9 nitrogen and oxygen atoms in total. The van der Waals surface area contributed by atoms with Crippen molar-refractivity contribution < 1.29 is 45.0 Å². The summed E-state index contributed by atoms with van der Waals surface area (Å²) >= 11 is 24.4. The number of phenols is 1. The monoisotopic (exact) mass is 846 g/mol. The summed E-state index contributed by atoms with van der Waals surface area (Å²) in [7, 11) is -9.48. The zero-order chi connectivity index (χ0) is 38.8. The van der Waals surface area contributed by atoms with Crippen LogP contribution in [0.25, 0.3) is 0 Å². The van der Waals surface area contributed by atoms with Gasteiger partial charge in [0.2, 0.25) is 20.0 Å². The van der Waals surface area contributed by atoms with Crippen molar-refractivity contribution in [3.63, 3.8) is 0 Å². The maximum absolute atomic E-state index is 15.2. The molecule has 0 atom stereocenters. The molecule has 53 heavy (non-hydrogen) atoms. The molecular formula is C35H25Cl4F3N2O7S2. The molecular weight excluding hydrogens is 823 g/mol. The van der Waals surface area contributed by atoms with Gasteiger partial charge in [0.15, 0.2) is 5.75 Å². The molecule has 5 aromatic rings. The minimum atomic E-state index is -4.87. The van der Waals surface area contributed by atoms with Gasteiger partial charge < -0.3 is 10.2 Å². The Morgan fingerprint density at radius 2 is 1.00 bits per heavy atom. The molecule has 0 aliphatic heterocycles. The molecule has 0 radical (unpaired) electrons. The van der Waals surface area contributed by atoms with E-state index in [-0.39, 0.29) is 38.3 Å². The first-order chi connectivity index (χ1) is 24.8. The molecule has 0 spiro atoms. The fourth-order valence-electron chi connectivity index (χ4n) is 5.25. The molecule has 2 N–H and O–H groups in total. The Hall–Kier alpha value is -3.86. The SMILES string of the molecule is O=C(O)c1cc(S(=O)(=O)N(Cc2ccc(F)cc2)Cc2cc(Cl)cc(CN(Cc3ccc(F)cc3)S(=O)(=O)c3cc(Cl)cc(Cl)c3O)c2)c(F)cc1Cl. The van der Waals surface area contributed by atoms with Gasteiger partial charge in [-0.2, -0.15) is 8.61 Å². The molecule has 18 heteroatoms. The highest BCUT2D eigenvalue weighted by molar-refractivity contribution is 7.89. The normalized spacial score (nSPS) is 12.1. The van der Waals surface area contributed by atoms with Crippen LogP contribution in [0.2, 0.25) is 20.1 Å². The molecule has 0 aliphatic rings. The number of carboxylic acids is 1. The van der Waals surface area contributed by atoms with Crippen LogP contribution < -0.4 is 0 Å². The number of carboxylic acid groups (broad SMARTS) is 1. The van der Waals surface area contributed by atoms with Crippen LogP contribution in [0.4, 0.5) is 13.2 Å². The van der Waals surface area contributed by atoms with E-state index in [0.717, 1.165) is 45.0 Å². The highest BCUT2D eigenvalue weighted by atomic mass is 35.5. The van der Waals surface area contributed by atoms with Gasteiger partial charge in [0.05, 0.1) is 15.6 Å². The van der Waals surface area contributed by atoms with Crippen LogP contribution >= 0.6 is 46.4 Å². The summed E-state index contributed by atoms with van der Waals surface area (Å²) in [5.41, 5.74) is 0.358. The Kier molecular flexibility index (Phi) is 12.4. The van der Waals surface area contributed by atoms with Crippen molar-refractivity contribution >= 4 is 72.4 Å². The van der Waals surface area contributed by atoms with E-state index >= 15 is 4.39 Å². The van der Waals surface area contributed by atoms with Gasteiger partial charge in [-0.1, -0.05) is 76.7 Å². The topological polar surface area (TPSA) is 132 Å². The fraction of sp³-hybridized carbons (Fsp3) is 0.114. The predicted octanol–water partition coefficient (Wildman–Crippen LogP) is 8.90. The van der Waals surface area contributed by atoms with Gasteiger partial charge in [-0.3, -0.25) is 0 Å². The highest BCUT2D eigenvalue weighted by Gasteiger charge is 2.32. The molecule has 0 aromatic heterocycles. The number of rotatable bonds is 13. The number of phenolic OH excluding ortho intramolecular Hbond substituents is 1. The second-order valence-corrected chi connectivity index (χ2v) is 17.1. The Morgan fingerprint density at radius 1 is 0.566 bits per heavy atom. The molecule has 0 aliphatic carbocycles. The van der Waals surface area contributed by atoms with Crippen LogP contribution in [0.5, 0.6) is 5.75 Å². The Morgan fingerprint density at radius 3 is 1.47 bits per heavy atom. The summed E-state index contributed by atoms with van der Waals surface area (Å²) in [6.07, 6.45) is 0. The third-order valence-corrected chi connectivity index (χ3v) is 12.4. The number of nitrogens with zero attached hydrogens (tertiary/aromatic N) is 2. The van der Waals surface area contributed by atoms with Crippen LogP contribution in [0.1, 0.15) is 32.6 Å². The number of hydrogen-bond acceptors (Lipinski definition) is 6. The van der Waals surface area contributed by atoms with E-state index in [1.54, 1.807) is 0 Å². The minimum absolute atomic E-state index is 0.0373. The lowest BCUT2D eigenvalue weighted by Crippen LogP contribution is -2.32.